The highest BCUT2D eigenvalue weighted by Gasteiger charge is 2.32. The van der Waals surface area contributed by atoms with Crippen molar-refractivity contribution < 1.29 is 22.6 Å². The number of furan rings is 1. The topological polar surface area (TPSA) is 136 Å². The molecule has 1 amide bonds. The third-order valence-electron chi connectivity index (χ3n) is 5.21. The van der Waals surface area contributed by atoms with E-state index in [1.807, 2.05) is 0 Å². The normalized spacial score (nSPS) is 14.6. The van der Waals surface area contributed by atoms with E-state index in [1.165, 1.54) is 23.4 Å². The minimum absolute atomic E-state index is 0.0149. The van der Waals surface area contributed by atoms with Crippen molar-refractivity contribution in [3.8, 4) is 11.3 Å². The van der Waals surface area contributed by atoms with E-state index in [9.17, 15) is 23.3 Å². The summed E-state index contributed by atoms with van der Waals surface area (Å²) in [6.45, 7) is 4.06. The molecule has 0 bridgehead atoms. The smallest absolute Gasteiger partial charge is 0.293 e. The summed E-state index contributed by atoms with van der Waals surface area (Å²) in [6.07, 6.45) is 1.61. The number of nitro groups is 1. The number of sulfonamides is 1. The molecule has 3 heterocycles. The fourth-order valence-electron chi connectivity index (χ4n) is 3.49. The Morgan fingerprint density at radius 3 is 2.66 bits per heavy atom. The van der Waals surface area contributed by atoms with Gasteiger partial charge < -0.3 is 4.42 Å². The zero-order chi connectivity index (χ0) is 23.0. The van der Waals surface area contributed by atoms with Gasteiger partial charge in [0.15, 0.2) is 10.9 Å². The number of carbonyl (C=O) groups is 1. The average molecular weight is 477 g/mol. The Hall–Kier alpha value is -3.09. The number of aromatic nitrogens is 1. The van der Waals surface area contributed by atoms with Crippen LogP contribution in [0.25, 0.3) is 11.3 Å². The lowest BCUT2D eigenvalue weighted by molar-refractivity contribution is -0.385. The molecule has 10 nitrogen and oxygen atoms in total. The third-order valence-corrected chi connectivity index (χ3v) is 7.97. The van der Waals surface area contributed by atoms with Gasteiger partial charge in [-0.1, -0.05) is 12.1 Å². The molecule has 1 aromatic carbocycles. The van der Waals surface area contributed by atoms with Gasteiger partial charge in [0.2, 0.25) is 10.0 Å². The molecule has 4 rings (SSSR count). The predicted octanol–water partition coefficient (Wildman–Crippen LogP) is 3.96. The molecule has 1 saturated heterocycles. The largest absolute Gasteiger partial charge is 0.455 e. The van der Waals surface area contributed by atoms with E-state index in [4.69, 9.17) is 4.42 Å². The van der Waals surface area contributed by atoms with Crippen LogP contribution in [0.2, 0.25) is 0 Å². The van der Waals surface area contributed by atoms with E-state index in [2.05, 4.69) is 10.3 Å². The lowest BCUT2D eigenvalue weighted by Crippen LogP contribution is -2.28. The monoisotopic (exact) mass is 476 g/mol. The lowest BCUT2D eigenvalue weighted by atomic mass is 10.1. The number of hydrogen-bond donors (Lipinski definition) is 1. The summed E-state index contributed by atoms with van der Waals surface area (Å²) in [7, 11) is -3.71. The van der Waals surface area contributed by atoms with Crippen molar-refractivity contribution in [3.63, 3.8) is 0 Å². The van der Waals surface area contributed by atoms with Crippen molar-refractivity contribution in [1.29, 1.82) is 0 Å². The molecule has 168 valence electrons. The molecule has 0 aliphatic carbocycles. The van der Waals surface area contributed by atoms with Crippen LogP contribution >= 0.6 is 11.3 Å². The van der Waals surface area contributed by atoms with E-state index >= 15 is 0 Å². The van der Waals surface area contributed by atoms with Crippen molar-refractivity contribution in [2.75, 3.05) is 18.4 Å². The Morgan fingerprint density at radius 2 is 1.97 bits per heavy atom. The number of carbonyl (C=O) groups excluding carboxylic acids is 1. The second-order valence-electron chi connectivity index (χ2n) is 7.39. The highest BCUT2D eigenvalue weighted by molar-refractivity contribution is 7.89. The van der Waals surface area contributed by atoms with Crippen LogP contribution in [0.5, 0.6) is 0 Å². The van der Waals surface area contributed by atoms with Crippen molar-refractivity contribution in [3.05, 3.63) is 56.8 Å². The van der Waals surface area contributed by atoms with Gasteiger partial charge in [-0.3, -0.25) is 20.2 Å². The van der Waals surface area contributed by atoms with Gasteiger partial charge in [0, 0.05) is 41.7 Å². The number of anilines is 1. The Balaban J connectivity index is 1.53. The molecule has 0 unspecified atom stereocenters. The maximum absolute atomic E-state index is 12.8. The molecule has 1 aliphatic heterocycles. The maximum Gasteiger partial charge on any atom is 0.293 e. The summed E-state index contributed by atoms with van der Waals surface area (Å²) in [5.74, 6) is -0.622. The van der Waals surface area contributed by atoms with Gasteiger partial charge in [-0.25, -0.2) is 13.4 Å². The van der Waals surface area contributed by atoms with Gasteiger partial charge in [-0.2, -0.15) is 4.31 Å². The SMILES string of the molecule is Cc1ccc(-c2csc(NC(=O)c3cc(S(=O)(=O)N4CCCC4)c(C)o3)n2)cc1[N+](=O)[O-]. The third kappa shape index (κ3) is 4.16. The molecule has 0 saturated carbocycles. The van der Waals surface area contributed by atoms with Crippen molar-refractivity contribution >= 4 is 38.1 Å². The van der Waals surface area contributed by atoms with E-state index in [0.717, 1.165) is 24.2 Å². The number of nitrogens with zero attached hydrogens (tertiary/aromatic N) is 3. The van der Waals surface area contributed by atoms with Crippen molar-refractivity contribution in [2.24, 2.45) is 0 Å². The minimum atomic E-state index is -3.71. The molecule has 32 heavy (non-hydrogen) atoms. The number of thiazole rings is 1. The minimum Gasteiger partial charge on any atom is -0.455 e. The number of hydrogen-bond acceptors (Lipinski definition) is 8. The number of nitro benzene ring substituents is 1. The highest BCUT2D eigenvalue weighted by Crippen LogP contribution is 2.30. The number of nitrogens with one attached hydrogen (secondary N) is 1. The first-order valence-corrected chi connectivity index (χ1v) is 12.1. The van der Waals surface area contributed by atoms with Crippen LogP contribution in [-0.4, -0.2) is 41.6 Å². The van der Waals surface area contributed by atoms with Crippen LogP contribution < -0.4 is 5.32 Å². The summed E-state index contributed by atoms with van der Waals surface area (Å²) < 4.78 is 32.4. The quantitative estimate of drug-likeness (QED) is 0.420. The summed E-state index contributed by atoms with van der Waals surface area (Å²) in [5.41, 5.74) is 1.54. The van der Waals surface area contributed by atoms with Crippen LogP contribution in [0, 0.1) is 24.0 Å². The fraction of sp³-hybridized carbons (Fsp3) is 0.300. The summed E-state index contributed by atoms with van der Waals surface area (Å²) in [5, 5.41) is 15.7. The molecule has 1 N–H and O–H groups in total. The van der Waals surface area contributed by atoms with Crippen molar-refractivity contribution in [1.82, 2.24) is 9.29 Å². The Labute approximate surface area is 188 Å². The van der Waals surface area contributed by atoms with Gasteiger partial charge in [0.1, 0.15) is 10.7 Å². The molecule has 1 fully saturated rings. The van der Waals surface area contributed by atoms with Crippen LogP contribution in [0.15, 0.2) is 39.0 Å². The Bertz CT molecular complexity index is 1310. The van der Waals surface area contributed by atoms with Crippen molar-refractivity contribution in [2.45, 2.75) is 31.6 Å². The van der Waals surface area contributed by atoms with E-state index in [1.54, 1.807) is 24.4 Å². The van der Waals surface area contributed by atoms with Crippen LogP contribution in [0.4, 0.5) is 10.8 Å². The Morgan fingerprint density at radius 1 is 1.25 bits per heavy atom. The molecular weight excluding hydrogens is 456 g/mol. The van der Waals surface area contributed by atoms with Gasteiger partial charge >= 0.3 is 0 Å². The first kappa shape index (κ1) is 22.1. The predicted molar refractivity (Wildman–Crippen MR) is 118 cm³/mol. The zero-order valence-corrected chi connectivity index (χ0v) is 19.0. The fourth-order valence-corrected chi connectivity index (χ4v) is 5.88. The number of benzene rings is 1. The van der Waals surface area contributed by atoms with Gasteiger partial charge in [-0.05, 0) is 26.7 Å². The van der Waals surface area contributed by atoms with Gasteiger partial charge in [0.25, 0.3) is 11.6 Å². The number of aryl methyl sites for hydroxylation is 2. The van der Waals surface area contributed by atoms with E-state index < -0.39 is 20.9 Å². The maximum atomic E-state index is 12.8. The first-order valence-electron chi connectivity index (χ1n) is 9.79. The van der Waals surface area contributed by atoms with E-state index in [-0.39, 0.29) is 27.2 Å². The number of rotatable bonds is 6. The number of amides is 1. The summed E-state index contributed by atoms with van der Waals surface area (Å²) in [6, 6.07) is 6.02. The molecule has 12 heteroatoms. The van der Waals surface area contributed by atoms with Crippen LogP contribution in [0.3, 0.4) is 0 Å². The molecule has 0 radical (unpaired) electrons. The highest BCUT2D eigenvalue weighted by atomic mass is 32.2. The molecule has 0 atom stereocenters. The summed E-state index contributed by atoms with van der Waals surface area (Å²) in [4.78, 5) is 27.6. The van der Waals surface area contributed by atoms with Gasteiger partial charge in [-0.15, -0.1) is 11.3 Å². The molecule has 3 aromatic rings. The first-order chi connectivity index (χ1) is 15.2. The molecule has 0 spiro atoms. The second kappa shape index (κ2) is 8.45. The van der Waals surface area contributed by atoms with Crippen LogP contribution in [0.1, 0.15) is 34.7 Å². The zero-order valence-electron chi connectivity index (χ0n) is 17.3. The standard InChI is InChI=1S/C20H20N4O6S2/c1-12-5-6-14(9-16(12)24(26)27)15-11-31-20(21-15)22-19(25)17-10-18(13(2)30-17)32(28,29)23-7-3-4-8-23/h5-6,9-11H,3-4,7-8H2,1-2H3,(H,21,22,25). The van der Waals surface area contributed by atoms with Crippen LogP contribution in [-0.2, 0) is 10.0 Å². The molecule has 2 aromatic heterocycles. The lowest BCUT2D eigenvalue weighted by Gasteiger charge is -2.14. The van der Waals surface area contributed by atoms with Gasteiger partial charge in [0.05, 0.1) is 10.6 Å². The Kier molecular flexibility index (Phi) is 5.84. The average Bonchev–Trinajstić information content (AvgIpc) is 3.49. The summed E-state index contributed by atoms with van der Waals surface area (Å²) >= 11 is 1.14. The molecule has 1 aliphatic rings. The molecular formula is C20H20N4O6S2. The van der Waals surface area contributed by atoms with E-state index in [0.29, 0.717) is 29.9 Å². The second-order valence-corrected chi connectivity index (χ2v) is 10.2.